The van der Waals surface area contributed by atoms with Gasteiger partial charge in [0, 0.05) is 6.42 Å². The molecule has 0 aliphatic carbocycles. The van der Waals surface area contributed by atoms with Crippen molar-refractivity contribution in [2.75, 3.05) is 7.05 Å². The summed E-state index contributed by atoms with van der Waals surface area (Å²) in [6, 6.07) is 10.5. The van der Waals surface area contributed by atoms with Crippen LogP contribution in [-0.4, -0.2) is 17.2 Å². The first-order chi connectivity index (χ1) is 8.35. The normalized spacial score (nSPS) is 12.6. The average Bonchev–Trinajstić information content (AvgIpc) is 2.81. The third kappa shape index (κ3) is 2.90. The first-order valence-corrected chi connectivity index (χ1v) is 6.71. The highest BCUT2D eigenvalue weighted by Crippen LogP contribution is 2.24. The van der Waals surface area contributed by atoms with Gasteiger partial charge in [-0.1, -0.05) is 48.6 Å². The SMILES string of the molecule is CCCc1nnc(C(NC)c2ccccc2)s1. The van der Waals surface area contributed by atoms with Crippen LogP contribution in [0.5, 0.6) is 0 Å². The maximum atomic E-state index is 4.29. The predicted molar refractivity (Wildman–Crippen MR) is 71.2 cm³/mol. The van der Waals surface area contributed by atoms with Crippen LogP contribution in [0.15, 0.2) is 30.3 Å². The molecule has 0 spiro atoms. The van der Waals surface area contributed by atoms with Gasteiger partial charge in [-0.15, -0.1) is 10.2 Å². The van der Waals surface area contributed by atoms with Crippen molar-refractivity contribution in [3.05, 3.63) is 45.9 Å². The standard InChI is InChI=1S/C13H17N3S/c1-3-7-11-15-16-13(17-11)12(14-2)10-8-5-4-6-9-10/h4-6,8-9,12,14H,3,7H2,1-2H3. The molecule has 1 heterocycles. The third-order valence-electron chi connectivity index (χ3n) is 2.61. The van der Waals surface area contributed by atoms with E-state index >= 15 is 0 Å². The van der Waals surface area contributed by atoms with Crippen LogP contribution >= 0.6 is 11.3 Å². The van der Waals surface area contributed by atoms with E-state index in [0.717, 1.165) is 22.9 Å². The average molecular weight is 247 g/mol. The molecule has 0 amide bonds. The highest BCUT2D eigenvalue weighted by atomic mass is 32.1. The van der Waals surface area contributed by atoms with Gasteiger partial charge < -0.3 is 5.32 Å². The summed E-state index contributed by atoms with van der Waals surface area (Å²) in [6.45, 7) is 2.16. The lowest BCUT2D eigenvalue weighted by molar-refractivity contribution is 0.676. The van der Waals surface area contributed by atoms with E-state index in [1.807, 2.05) is 25.2 Å². The molecule has 4 heteroatoms. The Morgan fingerprint density at radius 3 is 2.65 bits per heavy atom. The van der Waals surface area contributed by atoms with E-state index in [9.17, 15) is 0 Å². The van der Waals surface area contributed by atoms with Gasteiger partial charge in [0.05, 0.1) is 6.04 Å². The van der Waals surface area contributed by atoms with Crippen molar-refractivity contribution in [2.24, 2.45) is 0 Å². The Morgan fingerprint density at radius 2 is 2.00 bits per heavy atom. The van der Waals surface area contributed by atoms with Crippen LogP contribution in [0.1, 0.15) is 35.0 Å². The number of hydrogen-bond acceptors (Lipinski definition) is 4. The molecule has 0 saturated heterocycles. The molecule has 1 unspecified atom stereocenters. The minimum Gasteiger partial charge on any atom is -0.307 e. The van der Waals surface area contributed by atoms with Crippen molar-refractivity contribution >= 4 is 11.3 Å². The lowest BCUT2D eigenvalue weighted by Crippen LogP contribution is -2.17. The fourth-order valence-electron chi connectivity index (χ4n) is 1.78. The molecular formula is C13H17N3S. The van der Waals surface area contributed by atoms with E-state index < -0.39 is 0 Å². The second-order valence-electron chi connectivity index (χ2n) is 3.92. The van der Waals surface area contributed by atoms with Gasteiger partial charge in [-0.25, -0.2) is 0 Å². The van der Waals surface area contributed by atoms with E-state index in [0.29, 0.717) is 0 Å². The zero-order valence-electron chi connectivity index (χ0n) is 10.2. The number of aromatic nitrogens is 2. The van der Waals surface area contributed by atoms with E-state index in [1.54, 1.807) is 11.3 Å². The molecule has 0 fully saturated rings. The maximum absolute atomic E-state index is 4.29. The molecule has 3 nitrogen and oxygen atoms in total. The first-order valence-electron chi connectivity index (χ1n) is 5.89. The zero-order chi connectivity index (χ0) is 12.1. The summed E-state index contributed by atoms with van der Waals surface area (Å²) in [5.41, 5.74) is 1.23. The van der Waals surface area contributed by atoms with Crippen LogP contribution in [0.3, 0.4) is 0 Å². The Bertz CT molecular complexity index is 453. The Hall–Kier alpha value is -1.26. The molecule has 0 radical (unpaired) electrons. The molecule has 1 aromatic carbocycles. The summed E-state index contributed by atoms with van der Waals surface area (Å²) >= 11 is 1.70. The van der Waals surface area contributed by atoms with Crippen LogP contribution in [0.4, 0.5) is 0 Å². The molecular weight excluding hydrogens is 230 g/mol. The molecule has 2 aromatic rings. The maximum Gasteiger partial charge on any atom is 0.139 e. The summed E-state index contributed by atoms with van der Waals surface area (Å²) in [5.74, 6) is 0. The van der Waals surface area contributed by atoms with Crippen molar-refractivity contribution in [1.29, 1.82) is 0 Å². The zero-order valence-corrected chi connectivity index (χ0v) is 11.0. The molecule has 1 aromatic heterocycles. The Morgan fingerprint density at radius 1 is 1.24 bits per heavy atom. The van der Waals surface area contributed by atoms with Crippen LogP contribution < -0.4 is 5.32 Å². The molecule has 90 valence electrons. The molecule has 17 heavy (non-hydrogen) atoms. The van der Waals surface area contributed by atoms with Gasteiger partial charge >= 0.3 is 0 Å². The molecule has 2 rings (SSSR count). The van der Waals surface area contributed by atoms with Crippen molar-refractivity contribution in [2.45, 2.75) is 25.8 Å². The summed E-state index contributed by atoms with van der Waals surface area (Å²) in [5, 5.41) is 14.0. The second kappa shape index (κ2) is 5.89. The number of nitrogens with zero attached hydrogens (tertiary/aromatic N) is 2. The van der Waals surface area contributed by atoms with Crippen molar-refractivity contribution in [3.8, 4) is 0 Å². The van der Waals surface area contributed by atoms with Crippen molar-refractivity contribution < 1.29 is 0 Å². The minimum absolute atomic E-state index is 0.152. The molecule has 1 N–H and O–H groups in total. The minimum atomic E-state index is 0.152. The van der Waals surface area contributed by atoms with Gasteiger partial charge in [0.2, 0.25) is 0 Å². The summed E-state index contributed by atoms with van der Waals surface area (Å²) in [4.78, 5) is 0. The van der Waals surface area contributed by atoms with Crippen LogP contribution in [0.2, 0.25) is 0 Å². The van der Waals surface area contributed by atoms with Gasteiger partial charge in [-0.3, -0.25) is 0 Å². The third-order valence-corrected chi connectivity index (χ3v) is 3.66. The number of nitrogens with one attached hydrogen (secondary N) is 1. The molecule has 0 aliphatic rings. The lowest BCUT2D eigenvalue weighted by Gasteiger charge is -2.12. The fraction of sp³-hybridized carbons (Fsp3) is 0.385. The van der Waals surface area contributed by atoms with Gasteiger partial charge in [-0.2, -0.15) is 0 Å². The summed E-state index contributed by atoms with van der Waals surface area (Å²) < 4.78 is 0. The van der Waals surface area contributed by atoms with Crippen molar-refractivity contribution in [1.82, 2.24) is 15.5 Å². The highest BCUT2D eigenvalue weighted by Gasteiger charge is 2.16. The first kappa shape index (κ1) is 12.2. The van der Waals surface area contributed by atoms with Gasteiger partial charge in [0.15, 0.2) is 0 Å². The topological polar surface area (TPSA) is 37.8 Å². The number of rotatable bonds is 5. The number of benzene rings is 1. The molecule has 0 aliphatic heterocycles. The lowest BCUT2D eigenvalue weighted by atomic mass is 10.1. The van der Waals surface area contributed by atoms with E-state index in [2.05, 4.69) is 34.6 Å². The molecule has 1 atom stereocenters. The van der Waals surface area contributed by atoms with Crippen LogP contribution in [0.25, 0.3) is 0 Å². The Labute approximate surface area is 106 Å². The van der Waals surface area contributed by atoms with Crippen LogP contribution in [0, 0.1) is 0 Å². The van der Waals surface area contributed by atoms with Gasteiger partial charge in [-0.05, 0) is 19.0 Å². The van der Waals surface area contributed by atoms with Crippen molar-refractivity contribution in [3.63, 3.8) is 0 Å². The number of aryl methyl sites for hydroxylation is 1. The molecule has 0 saturated carbocycles. The van der Waals surface area contributed by atoms with E-state index in [4.69, 9.17) is 0 Å². The van der Waals surface area contributed by atoms with Crippen LogP contribution in [-0.2, 0) is 6.42 Å². The summed E-state index contributed by atoms with van der Waals surface area (Å²) in [7, 11) is 1.96. The largest absolute Gasteiger partial charge is 0.307 e. The Balaban J connectivity index is 2.23. The van der Waals surface area contributed by atoms with E-state index in [1.165, 1.54) is 5.56 Å². The molecule has 0 bridgehead atoms. The second-order valence-corrected chi connectivity index (χ2v) is 5.01. The Kier molecular flexibility index (Phi) is 4.23. The summed E-state index contributed by atoms with van der Waals surface area (Å²) in [6.07, 6.45) is 2.13. The van der Waals surface area contributed by atoms with Gasteiger partial charge in [0.1, 0.15) is 10.0 Å². The monoisotopic (exact) mass is 247 g/mol. The quantitative estimate of drug-likeness (QED) is 0.883. The number of hydrogen-bond donors (Lipinski definition) is 1. The smallest absolute Gasteiger partial charge is 0.139 e. The van der Waals surface area contributed by atoms with E-state index in [-0.39, 0.29) is 6.04 Å². The predicted octanol–water partition coefficient (Wildman–Crippen LogP) is 2.80. The fourth-order valence-corrected chi connectivity index (χ4v) is 2.86. The highest BCUT2D eigenvalue weighted by molar-refractivity contribution is 7.11. The van der Waals surface area contributed by atoms with Gasteiger partial charge in [0.25, 0.3) is 0 Å².